The Kier molecular flexibility index (Phi) is 6.10. The van der Waals surface area contributed by atoms with Crippen molar-refractivity contribution in [2.24, 2.45) is 0 Å². The first-order valence-corrected chi connectivity index (χ1v) is 7.59. The van der Waals surface area contributed by atoms with Crippen molar-refractivity contribution in [2.45, 2.75) is 20.1 Å². The number of ether oxygens (including phenoxy) is 2. The highest BCUT2D eigenvalue weighted by atomic mass is 32.1. The van der Waals surface area contributed by atoms with E-state index in [4.69, 9.17) is 9.47 Å². The Hall–Kier alpha value is -1.50. The summed E-state index contributed by atoms with van der Waals surface area (Å²) in [6.07, 6.45) is 0. The second-order valence-corrected chi connectivity index (χ2v) is 5.54. The lowest BCUT2D eigenvalue weighted by Gasteiger charge is -2.11. The van der Waals surface area contributed by atoms with E-state index < -0.39 is 0 Å². The van der Waals surface area contributed by atoms with Crippen LogP contribution >= 0.6 is 11.3 Å². The predicted octanol–water partition coefficient (Wildman–Crippen LogP) is 2.91. The molecule has 2 rings (SSSR count). The van der Waals surface area contributed by atoms with E-state index in [1.54, 1.807) is 24.5 Å². The number of benzene rings is 1. The lowest BCUT2D eigenvalue weighted by Crippen LogP contribution is -2.19. The molecule has 4 nitrogen and oxygen atoms in total. The molecule has 0 radical (unpaired) electrons. The molecule has 0 saturated heterocycles. The summed E-state index contributed by atoms with van der Waals surface area (Å²) in [6.45, 7) is 4.20. The standard InChI is InChI=1S/C15H19FN2O2S/c1-11-10-21-15(18-11)9-20-14-4-3-13(16)7-12(14)8-17-5-6-19-2/h3-4,7,10,17H,5-6,8-9H2,1-2H3. The number of rotatable bonds is 8. The van der Waals surface area contributed by atoms with E-state index in [1.807, 2.05) is 12.3 Å². The van der Waals surface area contributed by atoms with Gasteiger partial charge in [-0.1, -0.05) is 0 Å². The van der Waals surface area contributed by atoms with Gasteiger partial charge in [0.15, 0.2) is 0 Å². The number of methoxy groups -OCH3 is 1. The van der Waals surface area contributed by atoms with Crippen LogP contribution in [-0.4, -0.2) is 25.2 Å². The molecule has 1 heterocycles. The van der Waals surface area contributed by atoms with Gasteiger partial charge in [-0.3, -0.25) is 0 Å². The van der Waals surface area contributed by atoms with Gasteiger partial charge in [-0.2, -0.15) is 0 Å². The highest BCUT2D eigenvalue weighted by Gasteiger charge is 2.07. The molecule has 1 aromatic carbocycles. The fourth-order valence-corrected chi connectivity index (χ4v) is 2.52. The number of halogens is 1. The zero-order valence-corrected chi connectivity index (χ0v) is 13.0. The summed E-state index contributed by atoms with van der Waals surface area (Å²) < 4.78 is 24.1. The van der Waals surface area contributed by atoms with Gasteiger partial charge in [0.1, 0.15) is 23.2 Å². The molecule has 0 fully saturated rings. The third-order valence-corrected chi connectivity index (χ3v) is 3.78. The topological polar surface area (TPSA) is 43.4 Å². The first-order chi connectivity index (χ1) is 10.2. The van der Waals surface area contributed by atoms with E-state index in [0.717, 1.165) is 16.3 Å². The third kappa shape index (κ3) is 5.08. The van der Waals surface area contributed by atoms with E-state index in [1.165, 1.54) is 12.1 Å². The summed E-state index contributed by atoms with van der Waals surface area (Å²) in [7, 11) is 1.65. The SMILES string of the molecule is COCCNCc1cc(F)ccc1OCc1nc(C)cs1. The summed E-state index contributed by atoms with van der Waals surface area (Å²) in [5.74, 6) is 0.408. The van der Waals surface area contributed by atoms with Crippen molar-refractivity contribution in [2.75, 3.05) is 20.3 Å². The number of nitrogens with one attached hydrogen (secondary N) is 1. The molecule has 0 saturated carbocycles. The Balaban J connectivity index is 1.97. The summed E-state index contributed by atoms with van der Waals surface area (Å²) in [6, 6.07) is 4.55. The Labute approximate surface area is 127 Å². The van der Waals surface area contributed by atoms with Crippen LogP contribution in [0.3, 0.4) is 0 Å². The van der Waals surface area contributed by atoms with E-state index in [-0.39, 0.29) is 5.82 Å². The minimum Gasteiger partial charge on any atom is -0.486 e. The average molecular weight is 310 g/mol. The van der Waals surface area contributed by atoms with Gasteiger partial charge in [0.05, 0.1) is 6.61 Å². The minimum atomic E-state index is -0.268. The van der Waals surface area contributed by atoms with Crippen molar-refractivity contribution in [3.05, 3.63) is 45.7 Å². The molecule has 0 aliphatic heterocycles. The normalized spacial score (nSPS) is 10.8. The molecule has 0 atom stereocenters. The van der Waals surface area contributed by atoms with Crippen molar-refractivity contribution < 1.29 is 13.9 Å². The van der Waals surface area contributed by atoms with Gasteiger partial charge in [-0.05, 0) is 25.1 Å². The molecule has 1 N–H and O–H groups in total. The van der Waals surface area contributed by atoms with E-state index in [0.29, 0.717) is 32.1 Å². The second kappa shape index (κ2) is 8.07. The number of thiazole rings is 1. The van der Waals surface area contributed by atoms with Gasteiger partial charge in [0.25, 0.3) is 0 Å². The Morgan fingerprint density at radius 1 is 1.38 bits per heavy atom. The van der Waals surface area contributed by atoms with Crippen LogP contribution in [0.2, 0.25) is 0 Å². The molecule has 0 spiro atoms. The molecule has 6 heteroatoms. The van der Waals surface area contributed by atoms with Crippen LogP contribution in [0.25, 0.3) is 0 Å². The first-order valence-electron chi connectivity index (χ1n) is 6.71. The van der Waals surface area contributed by atoms with Crippen LogP contribution in [0.4, 0.5) is 4.39 Å². The summed E-state index contributed by atoms with van der Waals surface area (Å²) in [4.78, 5) is 4.35. The number of hydrogen-bond acceptors (Lipinski definition) is 5. The first kappa shape index (κ1) is 15.9. The van der Waals surface area contributed by atoms with E-state index in [9.17, 15) is 4.39 Å². The molecule has 0 unspecified atom stereocenters. The molecule has 0 aliphatic carbocycles. The summed E-state index contributed by atoms with van der Waals surface area (Å²) in [5, 5.41) is 6.08. The van der Waals surface area contributed by atoms with Gasteiger partial charge in [-0.25, -0.2) is 9.37 Å². The highest BCUT2D eigenvalue weighted by molar-refractivity contribution is 7.09. The van der Waals surface area contributed by atoms with Crippen LogP contribution in [0.1, 0.15) is 16.3 Å². The van der Waals surface area contributed by atoms with Crippen LogP contribution in [-0.2, 0) is 17.9 Å². The van der Waals surface area contributed by atoms with Gasteiger partial charge in [0, 0.05) is 36.8 Å². The van der Waals surface area contributed by atoms with E-state index >= 15 is 0 Å². The Morgan fingerprint density at radius 3 is 2.95 bits per heavy atom. The van der Waals surface area contributed by atoms with Crippen LogP contribution < -0.4 is 10.1 Å². The van der Waals surface area contributed by atoms with Gasteiger partial charge < -0.3 is 14.8 Å². The van der Waals surface area contributed by atoms with Crippen molar-refractivity contribution in [1.82, 2.24) is 10.3 Å². The van der Waals surface area contributed by atoms with Crippen LogP contribution in [0.5, 0.6) is 5.75 Å². The fourth-order valence-electron chi connectivity index (χ4n) is 1.83. The average Bonchev–Trinajstić information content (AvgIpc) is 2.88. The zero-order valence-electron chi connectivity index (χ0n) is 12.2. The molecule has 0 aliphatic rings. The monoisotopic (exact) mass is 310 g/mol. The smallest absolute Gasteiger partial charge is 0.140 e. The Morgan fingerprint density at radius 2 is 2.24 bits per heavy atom. The number of aryl methyl sites for hydroxylation is 1. The Bertz CT molecular complexity index is 575. The summed E-state index contributed by atoms with van der Waals surface area (Å²) >= 11 is 1.56. The summed E-state index contributed by atoms with van der Waals surface area (Å²) in [5.41, 5.74) is 1.78. The highest BCUT2D eigenvalue weighted by Crippen LogP contribution is 2.21. The largest absolute Gasteiger partial charge is 0.486 e. The quantitative estimate of drug-likeness (QED) is 0.761. The van der Waals surface area contributed by atoms with Crippen LogP contribution in [0.15, 0.2) is 23.6 Å². The number of hydrogen-bond donors (Lipinski definition) is 1. The molecule has 0 bridgehead atoms. The molecule has 21 heavy (non-hydrogen) atoms. The molecule has 2 aromatic rings. The van der Waals surface area contributed by atoms with Crippen LogP contribution in [0, 0.1) is 12.7 Å². The lowest BCUT2D eigenvalue weighted by atomic mass is 10.2. The maximum atomic E-state index is 13.4. The maximum Gasteiger partial charge on any atom is 0.140 e. The van der Waals surface area contributed by atoms with Crippen molar-refractivity contribution in [3.8, 4) is 5.75 Å². The predicted molar refractivity (Wildman–Crippen MR) is 81.2 cm³/mol. The fraction of sp³-hybridized carbons (Fsp3) is 0.400. The van der Waals surface area contributed by atoms with Crippen molar-refractivity contribution in [1.29, 1.82) is 0 Å². The number of nitrogens with zero attached hydrogens (tertiary/aromatic N) is 1. The molecular formula is C15H19FN2O2S. The molecule has 1 aromatic heterocycles. The van der Waals surface area contributed by atoms with Gasteiger partial charge in [0.2, 0.25) is 0 Å². The molecular weight excluding hydrogens is 291 g/mol. The third-order valence-electron chi connectivity index (χ3n) is 2.84. The van der Waals surface area contributed by atoms with Gasteiger partial charge >= 0.3 is 0 Å². The number of aromatic nitrogens is 1. The minimum absolute atomic E-state index is 0.268. The maximum absolute atomic E-state index is 13.4. The van der Waals surface area contributed by atoms with Gasteiger partial charge in [-0.15, -0.1) is 11.3 Å². The van der Waals surface area contributed by atoms with Crippen molar-refractivity contribution in [3.63, 3.8) is 0 Å². The lowest BCUT2D eigenvalue weighted by molar-refractivity contribution is 0.199. The second-order valence-electron chi connectivity index (χ2n) is 4.59. The van der Waals surface area contributed by atoms with Crippen molar-refractivity contribution >= 4 is 11.3 Å². The zero-order chi connectivity index (χ0) is 15.1. The van der Waals surface area contributed by atoms with E-state index in [2.05, 4.69) is 10.3 Å². The molecule has 0 amide bonds. The molecule has 114 valence electrons.